The molecule has 4 heteroatoms. The molecule has 0 unspecified atom stereocenters. The van der Waals surface area contributed by atoms with Gasteiger partial charge in [-0.05, 0) is 12.5 Å². The number of ether oxygens (including phenoxy) is 1. The van der Waals surface area contributed by atoms with Crippen LogP contribution in [-0.2, 0) is 14.3 Å². The zero-order chi connectivity index (χ0) is 8.55. The summed E-state index contributed by atoms with van der Waals surface area (Å²) in [6.07, 6.45) is 3.04. The molecule has 0 aromatic carbocycles. The molecule has 64 valence electrons. The molecule has 0 bridgehead atoms. The number of rotatable bonds is 1. The van der Waals surface area contributed by atoms with Crippen molar-refractivity contribution in [3.63, 3.8) is 0 Å². The minimum atomic E-state index is -0.370. The number of cyclic esters (lactones) is 1. The smallest absolute Gasteiger partial charge is 0.355 e. The molecule has 0 radical (unpaired) electrons. The van der Waals surface area contributed by atoms with Gasteiger partial charge in [0.05, 0.1) is 0 Å². The van der Waals surface area contributed by atoms with Crippen LogP contribution in [-0.4, -0.2) is 29.9 Å². The molecule has 0 aromatic heterocycles. The first-order chi connectivity index (χ1) is 5.79. The molecule has 4 nitrogen and oxygen atoms in total. The number of amides is 1. The van der Waals surface area contributed by atoms with Gasteiger partial charge >= 0.3 is 5.97 Å². The predicted molar refractivity (Wildman–Crippen MR) is 40.0 cm³/mol. The Balaban J connectivity index is 2.18. The van der Waals surface area contributed by atoms with E-state index in [9.17, 15) is 9.59 Å². The van der Waals surface area contributed by atoms with E-state index in [0.717, 1.165) is 6.42 Å². The van der Waals surface area contributed by atoms with Gasteiger partial charge in [0, 0.05) is 13.0 Å². The van der Waals surface area contributed by atoms with E-state index >= 15 is 0 Å². The SMILES string of the molecule is O=C1OCC=C1N1CCCC1=O. The highest BCUT2D eigenvalue weighted by molar-refractivity contribution is 5.95. The summed E-state index contributed by atoms with van der Waals surface area (Å²) in [6, 6.07) is 0. The molecule has 0 spiro atoms. The monoisotopic (exact) mass is 167 g/mol. The van der Waals surface area contributed by atoms with Crippen molar-refractivity contribution in [1.82, 2.24) is 4.90 Å². The van der Waals surface area contributed by atoms with Crippen molar-refractivity contribution in [2.75, 3.05) is 13.2 Å². The van der Waals surface area contributed by atoms with Crippen molar-refractivity contribution in [1.29, 1.82) is 0 Å². The lowest BCUT2D eigenvalue weighted by Gasteiger charge is -2.13. The average molecular weight is 167 g/mol. The van der Waals surface area contributed by atoms with E-state index in [0.29, 0.717) is 25.3 Å². The maximum atomic E-state index is 11.2. The summed E-state index contributed by atoms with van der Waals surface area (Å²) in [5.41, 5.74) is 0.428. The summed E-state index contributed by atoms with van der Waals surface area (Å²) in [4.78, 5) is 23.7. The largest absolute Gasteiger partial charge is 0.457 e. The van der Waals surface area contributed by atoms with E-state index in [-0.39, 0.29) is 11.9 Å². The van der Waals surface area contributed by atoms with E-state index in [4.69, 9.17) is 4.74 Å². The second-order valence-corrected chi connectivity index (χ2v) is 2.84. The van der Waals surface area contributed by atoms with Crippen molar-refractivity contribution < 1.29 is 14.3 Å². The Morgan fingerprint density at radius 2 is 2.25 bits per heavy atom. The van der Waals surface area contributed by atoms with Crippen LogP contribution in [0.1, 0.15) is 12.8 Å². The maximum Gasteiger partial charge on any atom is 0.355 e. The van der Waals surface area contributed by atoms with Crippen LogP contribution in [0.4, 0.5) is 0 Å². The summed E-state index contributed by atoms with van der Waals surface area (Å²) >= 11 is 0. The third-order valence-electron chi connectivity index (χ3n) is 2.06. The number of hydrogen-bond acceptors (Lipinski definition) is 3. The third-order valence-corrected chi connectivity index (χ3v) is 2.06. The van der Waals surface area contributed by atoms with Crippen LogP contribution in [0.25, 0.3) is 0 Å². The first-order valence-corrected chi connectivity index (χ1v) is 3.96. The number of nitrogens with zero attached hydrogens (tertiary/aromatic N) is 1. The van der Waals surface area contributed by atoms with Gasteiger partial charge in [-0.15, -0.1) is 0 Å². The topological polar surface area (TPSA) is 46.6 Å². The first kappa shape index (κ1) is 7.34. The first-order valence-electron chi connectivity index (χ1n) is 3.96. The second-order valence-electron chi connectivity index (χ2n) is 2.84. The third kappa shape index (κ3) is 0.995. The van der Waals surface area contributed by atoms with Crippen molar-refractivity contribution >= 4 is 11.9 Å². The summed E-state index contributed by atoms with van der Waals surface area (Å²) in [7, 11) is 0. The number of carbonyl (C=O) groups is 2. The summed E-state index contributed by atoms with van der Waals surface area (Å²) < 4.78 is 4.70. The fourth-order valence-corrected chi connectivity index (χ4v) is 1.48. The highest BCUT2D eigenvalue weighted by Crippen LogP contribution is 2.19. The molecule has 2 heterocycles. The van der Waals surface area contributed by atoms with Gasteiger partial charge in [-0.25, -0.2) is 4.79 Å². The Labute approximate surface area is 69.8 Å². The minimum Gasteiger partial charge on any atom is -0.457 e. The Morgan fingerprint density at radius 1 is 1.42 bits per heavy atom. The number of carbonyl (C=O) groups excluding carboxylic acids is 2. The predicted octanol–water partition coefficient (Wildman–Crippen LogP) is 0.0495. The zero-order valence-corrected chi connectivity index (χ0v) is 6.58. The number of likely N-dealkylation sites (tertiary alicyclic amines) is 1. The Bertz CT molecular complexity index is 269. The molecule has 0 aliphatic carbocycles. The minimum absolute atomic E-state index is 0.0279. The van der Waals surface area contributed by atoms with Gasteiger partial charge in [0.25, 0.3) is 0 Å². The van der Waals surface area contributed by atoms with Gasteiger partial charge in [-0.3, -0.25) is 4.79 Å². The normalized spacial score (nSPS) is 23.0. The van der Waals surface area contributed by atoms with E-state index in [1.807, 2.05) is 0 Å². The molecule has 0 saturated carbocycles. The lowest BCUT2D eigenvalue weighted by molar-refractivity contribution is -0.140. The molecular weight excluding hydrogens is 158 g/mol. The Kier molecular flexibility index (Phi) is 1.60. The molecule has 2 aliphatic heterocycles. The van der Waals surface area contributed by atoms with Crippen molar-refractivity contribution in [3.05, 3.63) is 11.8 Å². The lowest BCUT2D eigenvalue weighted by Crippen LogP contribution is -2.27. The van der Waals surface area contributed by atoms with Gasteiger partial charge in [-0.1, -0.05) is 0 Å². The second kappa shape index (κ2) is 2.62. The lowest BCUT2D eigenvalue weighted by atomic mass is 10.4. The van der Waals surface area contributed by atoms with E-state index in [1.54, 1.807) is 6.08 Å². The average Bonchev–Trinajstić information content (AvgIpc) is 2.59. The molecule has 0 aromatic rings. The molecule has 1 fully saturated rings. The van der Waals surface area contributed by atoms with Gasteiger partial charge in [-0.2, -0.15) is 0 Å². The summed E-state index contributed by atoms with van der Waals surface area (Å²) in [5, 5.41) is 0. The molecule has 2 aliphatic rings. The van der Waals surface area contributed by atoms with Gasteiger partial charge in [0.15, 0.2) is 0 Å². The molecule has 12 heavy (non-hydrogen) atoms. The van der Waals surface area contributed by atoms with Crippen LogP contribution < -0.4 is 0 Å². The van der Waals surface area contributed by atoms with E-state index < -0.39 is 0 Å². The van der Waals surface area contributed by atoms with Crippen LogP contribution >= 0.6 is 0 Å². The number of hydrogen-bond donors (Lipinski definition) is 0. The zero-order valence-electron chi connectivity index (χ0n) is 6.58. The molecule has 0 atom stereocenters. The van der Waals surface area contributed by atoms with Crippen LogP contribution in [0.2, 0.25) is 0 Å². The van der Waals surface area contributed by atoms with Crippen molar-refractivity contribution in [3.8, 4) is 0 Å². The number of esters is 1. The molecule has 1 saturated heterocycles. The summed E-state index contributed by atoms with van der Waals surface area (Å²) in [6.45, 7) is 0.956. The fourth-order valence-electron chi connectivity index (χ4n) is 1.48. The highest BCUT2D eigenvalue weighted by atomic mass is 16.5. The van der Waals surface area contributed by atoms with Gasteiger partial charge in [0.1, 0.15) is 12.3 Å². The standard InChI is InChI=1S/C8H9NO3/c10-7-2-1-4-9(7)6-3-5-12-8(6)11/h3H,1-2,4-5H2. The van der Waals surface area contributed by atoms with Crippen LogP contribution in [0.15, 0.2) is 11.8 Å². The molecule has 0 N–H and O–H groups in total. The van der Waals surface area contributed by atoms with Crippen LogP contribution in [0.3, 0.4) is 0 Å². The maximum absolute atomic E-state index is 11.2. The van der Waals surface area contributed by atoms with E-state index in [2.05, 4.69) is 0 Å². The molecule has 1 amide bonds. The van der Waals surface area contributed by atoms with Crippen molar-refractivity contribution in [2.24, 2.45) is 0 Å². The Morgan fingerprint density at radius 3 is 2.75 bits per heavy atom. The van der Waals surface area contributed by atoms with Crippen LogP contribution in [0.5, 0.6) is 0 Å². The van der Waals surface area contributed by atoms with Crippen molar-refractivity contribution in [2.45, 2.75) is 12.8 Å². The molecule has 2 rings (SSSR count). The van der Waals surface area contributed by atoms with Gasteiger partial charge in [0.2, 0.25) is 5.91 Å². The summed E-state index contributed by atoms with van der Waals surface area (Å²) in [5.74, 6) is -0.342. The fraction of sp³-hybridized carbons (Fsp3) is 0.500. The van der Waals surface area contributed by atoms with Crippen LogP contribution in [0, 0.1) is 0 Å². The molecular formula is C8H9NO3. The van der Waals surface area contributed by atoms with Gasteiger partial charge < -0.3 is 9.64 Å². The highest BCUT2D eigenvalue weighted by Gasteiger charge is 2.30. The van der Waals surface area contributed by atoms with E-state index in [1.165, 1.54) is 4.90 Å². The quantitative estimate of drug-likeness (QED) is 0.518. The Hall–Kier alpha value is -1.32.